The fourth-order valence-corrected chi connectivity index (χ4v) is 3.10. The molecule has 5 nitrogen and oxygen atoms in total. The molecular weight excluding hydrogens is 252 g/mol. The Bertz CT molecular complexity index is 580. The normalized spacial score (nSPS) is 20.3. The maximum absolute atomic E-state index is 9.68. The zero-order chi connectivity index (χ0) is 13.9. The number of fused-ring (bicyclic) bond motifs is 1. The third-order valence-electron chi connectivity index (χ3n) is 4.16. The van der Waals surface area contributed by atoms with E-state index in [1.54, 1.807) is 0 Å². The number of nitrogens with zero attached hydrogens (tertiary/aromatic N) is 3. The Hall–Kier alpha value is -1.59. The number of aromatic nitrogens is 2. The van der Waals surface area contributed by atoms with Gasteiger partial charge in [0, 0.05) is 19.3 Å². The summed E-state index contributed by atoms with van der Waals surface area (Å²) >= 11 is 0. The Kier molecular flexibility index (Phi) is 3.89. The smallest absolute Gasteiger partial charge is 0.152 e. The molecule has 1 aliphatic rings. The summed E-state index contributed by atoms with van der Waals surface area (Å²) in [5, 5.41) is 9.68. The summed E-state index contributed by atoms with van der Waals surface area (Å²) < 4.78 is 2.05. The Morgan fingerprint density at radius 3 is 3.00 bits per heavy atom. The van der Waals surface area contributed by atoms with Crippen molar-refractivity contribution in [2.75, 3.05) is 18.1 Å². The van der Waals surface area contributed by atoms with Gasteiger partial charge in [-0.2, -0.15) is 0 Å². The number of hydrogen-bond acceptors (Lipinski definition) is 4. The Morgan fingerprint density at radius 2 is 2.20 bits per heavy atom. The standard InChI is InChI=1S/C15H22N4O/c16-10-13-15(17-14-7-3-5-9-19(13)14)18-8-4-1-2-6-12(18)11-20/h3,5,7,9,12,20H,1-2,4,6,8,10-11,16H2. The van der Waals surface area contributed by atoms with Crippen molar-refractivity contribution in [2.45, 2.75) is 38.3 Å². The summed E-state index contributed by atoms with van der Waals surface area (Å²) in [5.41, 5.74) is 7.89. The van der Waals surface area contributed by atoms with Crippen molar-refractivity contribution < 1.29 is 5.11 Å². The molecule has 0 radical (unpaired) electrons. The summed E-state index contributed by atoms with van der Waals surface area (Å²) in [6, 6.07) is 6.13. The largest absolute Gasteiger partial charge is 0.394 e. The highest BCUT2D eigenvalue weighted by molar-refractivity contribution is 5.56. The predicted molar refractivity (Wildman–Crippen MR) is 79.8 cm³/mol. The minimum Gasteiger partial charge on any atom is -0.394 e. The van der Waals surface area contributed by atoms with Gasteiger partial charge in [-0.3, -0.25) is 0 Å². The number of imidazole rings is 1. The molecule has 0 aliphatic carbocycles. The quantitative estimate of drug-likeness (QED) is 0.891. The van der Waals surface area contributed by atoms with Crippen molar-refractivity contribution in [3.8, 4) is 0 Å². The molecule has 2 aromatic heterocycles. The van der Waals surface area contributed by atoms with Crippen LogP contribution < -0.4 is 10.6 Å². The second kappa shape index (κ2) is 5.81. The Balaban J connectivity index is 2.06. The molecule has 1 saturated heterocycles. The highest BCUT2D eigenvalue weighted by Crippen LogP contribution is 2.27. The summed E-state index contributed by atoms with van der Waals surface area (Å²) in [4.78, 5) is 7.00. The highest BCUT2D eigenvalue weighted by atomic mass is 16.3. The first-order valence-corrected chi connectivity index (χ1v) is 7.38. The van der Waals surface area contributed by atoms with Gasteiger partial charge in [-0.15, -0.1) is 0 Å². The van der Waals surface area contributed by atoms with E-state index in [-0.39, 0.29) is 12.6 Å². The van der Waals surface area contributed by atoms with Crippen molar-refractivity contribution in [3.05, 3.63) is 30.1 Å². The zero-order valence-corrected chi connectivity index (χ0v) is 11.7. The van der Waals surface area contributed by atoms with Crippen LogP contribution in [0.3, 0.4) is 0 Å². The molecule has 2 aromatic rings. The maximum Gasteiger partial charge on any atom is 0.152 e. The van der Waals surface area contributed by atoms with E-state index in [9.17, 15) is 5.11 Å². The van der Waals surface area contributed by atoms with Crippen LogP contribution in [0.1, 0.15) is 31.4 Å². The van der Waals surface area contributed by atoms with Gasteiger partial charge in [0.15, 0.2) is 5.82 Å². The minimum atomic E-state index is 0.160. The van der Waals surface area contributed by atoms with E-state index in [4.69, 9.17) is 10.7 Å². The van der Waals surface area contributed by atoms with E-state index in [0.29, 0.717) is 6.54 Å². The molecule has 0 bridgehead atoms. The summed E-state index contributed by atoms with van der Waals surface area (Å²) in [6.45, 7) is 1.58. The van der Waals surface area contributed by atoms with Gasteiger partial charge in [0.05, 0.1) is 18.3 Å². The van der Waals surface area contributed by atoms with Gasteiger partial charge in [-0.05, 0) is 25.0 Å². The monoisotopic (exact) mass is 274 g/mol. The fourth-order valence-electron chi connectivity index (χ4n) is 3.10. The molecule has 1 atom stereocenters. The van der Waals surface area contributed by atoms with Gasteiger partial charge in [0.1, 0.15) is 5.65 Å². The SMILES string of the molecule is NCc1c(N2CCCCCC2CO)nc2ccccn12. The van der Waals surface area contributed by atoms with Crippen LogP contribution in [0.25, 0.3) is 5.65 Å². The van der Waals surface area contributed by atoms with Gasteiger partial charge < -0.3 is 20.1 Å². The predicted octanol–water partition coefficient (Wildman–Crippen LogP) is 1.53. The van der Waals surface area contributed by atoms with E-state index in [0.717, 1.165) is 36.5 Å². The van der Waals surface area contributed by atoms with Gasteiger partial charge in [0.25, 0.3) is 0 Å². The zero-order valence-electron chi connectivity index (χ0n) is 11.7. The van der Waals surface area contributed by atoms with Gasteiger partial charge >= 0.3 is 0 Å². The lowest BCUT2D eigenvalue weighted by Gasteiger charge is -2.29. The van der Waals surface area contributed by atoms with Crippen LogP contribution in [-0.4, -0.2) is 33.7 Å². The molecule has 1 unspecified atom stereocenters. The molecule has 0 amide bonds. The van der Waals surface area contributed by atoms with E-state index in [2.05, 4.69) is 9.30 Å². The third-order valence-corrected chi connectivity index (χ3v) is 4.16. The van der Waals surface area contributed by atoms with Crippen LogP contribution >= 0.6 is 0 Å². The van der Waals surface area contributed by atoms with Crippen LogP contribution in [0.5, 0.6) is 0 Å². The van der Waals surface area contributed by atoms with Crippen molar-refractivity contribution >= 4 is 11.5 Å². The molecule has 3 N–H and O–H groups in total. The van der Waals surface area contributed by atoms with Gasteiger partial charge in [0.2, 0.25) is 0 Å². The fraction of sp³-hybridized carbons (Fsp3) is 0.533. The van der Waals surface area contributed by atoms with Crippen LogP contribution in [0.15, 0.2) is 24.4 Å². The Labute approximate surface area is 119 Å². The molecule has 1 fully saturated rings. The topological polar surface area (TPSA) is 66.8 Å². The van der Waals surface area contributed by atoms with Crippen molar-refractivity contribution in [1.29, 1.82) is 0 Å². The van der Waals surface area contributed by atoms with E-state index >= 15 is 0 Å². The van der Waals surface area contributed by atoms with Crippen LogP contribution in [0, 0.1) is 0 Å². The summed E-state index contributed by atoms with van der Waals surface area (Å²) in [7, 11) is 0. The lowest BCUT2D eigenvalue weighted by atomic mass is 10.1. The van der Waals surface area contributed by atoms with Crippen LogP contribution in [-0.2, 0) is 6.54 Å². The number of aliphatic hydroxyl groups is 1. The molecule has 20 heavy (non-hydrogen) atoms. The number of rotatable bonds is 3. The van der Waals surface area contributed by atoms with E-state index in [1.807, 2.05) is 24.4 Å². The average molecular weight is 274 g/mol. The first kappa shape index (κ1) is 13.4. The molecule has 0 saturated carbocycles. The minimum absolute atomic E-state index is 0.160. The van der Waals surface area contributed by atoms with E-state index < -0.39 is 0 Å². The Morgan fingerprint density at radius 1 is 1.30 bits per heavy atom. The maximum atomic E-state index is 9.68. The molecule has 3 heterocycles. The van der Waals surface area contributed by atoms with Gasteiger partial charge in [-0.25, -0.2) is 4.98 Å². The number of hydrogen-bond donors (Lipinski definition) is 2. The lowest BCUT2D eigenvalue weighted by molar-refractivity contribution is 0.254. The number of anilines is 1. The van der Waals surface area contributed by atoms with E-state index in [1.165, 1.54) is 12.8 Å². The lowest BCUT2D eigenvalue weighted by Crippen LogP contribution is -2.38. The van der Waals surface area contributed by atoms with Crippen molar-refractivity contribution in [1.82, 2.24) is 9.38 Å². The number of aliphatic hydroxyl groups excluding tert-OH is 1. The van der Waals surface area contributed by atoms with Gasteiger partial charge in [-0.1, -0.05) is 18.9 Å². The second-order valence-electron chi connectivity index (χ2n) is 5.39. The first-order valence-electron chi connectivity index (χ1n) is 7.38. The summed E-state index contributed by atoms with van der Waals surface area (Å²) in [5.74, 6) is 0.944. The molecule has 5 heteroatoms. The van der Waals surface area contributed by atoms with Crippen molar-refractivity contribution in [3.63, 3.8) is 0 Å². The van der Waals surface area contributed by atoms with Crippen LogP contribution in [0.2, 0.25) is 0 Å². The first-order chi connectivity index (χ1) is 9.85. The molecule has 0 aromatic carbocycles. The van der Waals surface area contributed by atoms with Crippen molar-refractivity contribution in [2.24, 2.45) is 5.73 Å². The molecule has 108 valence electrons. The summed E-state index contributed by atoms with van der Waals surface area (Å²) in [6.07, 6.45) is 6.56. The molecule has 0 spiro atoms. The third kappa shape index (κ3) is 2.27. The molecule has 1 aliphatic heterocycles. The highest BCUT2D eigenvalue weighted by Gasteiger charge is 2.25. The van der Waals surface area contributed by atoms with Crippen LogP contribution in [0.4, 0.5) is 5.82 Å². The second-order valence-corrected chi connectivity index (χ2v) is 5.39. The molecule has 3 rings (SSSR count). The average Bonchev–Trinajstić information content (AvgIpc) is 2.69. The molecular formula is C15H22N4O. The number of pyridine rings is 1. The number of nitrogens with two attached hydrogens (primary N) is 1.